The predicted octanol–water partition coefficient (Wildman–Crippen LogP) is 6.21. The maximum atomic E-state index is 14.8. The van der Waals surface area contributed by atoms with Crippen molar-refractivity contribution in [1.82, 2.24) is 10.2 Å². The molecule has 0 atom stereocenters. The predicted molar refractivity (Wildman–Crippen MR) is 162 cm³/mol. The van der Waals surface area contributed by atoms with E-state index in [0.717, 1.165) is 18.4 Å². The van der Waals surface area contributed by atoms with Crippen LogP contribution in [0, 0.1) is 25.6 Å². The average molecular weight is 680 g/mol. The minimum atomic E-state index is -4.77. The van der Waals surface area contributed by atoms with Crippen molar-refractivity contribution < 1.29 is 39.9 Å². The summed E-state index contributed by atoms with van der Waals surface area (Å²) in [6, 6.07) is 11.3. The monoisotopic (exact) mass is 679 g/mol. The van der Waals surface area contributed by atoms with Crippen LogP contribution in [-0.4, -0.2) is 50.0 Å². The minimum Gasteiger partial charge on any atom is -0.346 e. The van der Waals surface area contributed by atoms with Crippen molar-refractivity contribution in [2.24, 2.45) is 11.1 Å². The summed E-state index contributed by atoms with van der Waals surface area (Å²) in [5, 5.41) is 6.03. The maximum Gasteiger partial charge on any atom is 0.416 e. The van der Waals surface area contributed by atoms with E-state index < -0.39 is 32.7 Å². The molecule has 1 N–H and O–H groups in total. The Balaban J connectivity index is 1.37. The summed E-state index contributed by atoms with van der Waals surface area (Å²) in [7, 11) is -4.38. The Morgan fingerprint density at radius 2 is 1.72 bits per heavy atom. The average Bonchev–Trinajstić information content (AvgIpc) is 3.82. The fraction of sp³-hybridized carbons (Fsp3) is 0.344. The third kappa shape index (κ3) is 7.69. The van der Waals surface area contributed by atoms with E-state index in [1.807, 2.05) is 0 Å². The van der Waals surface area contributed by atoms with Gasteiger partial charge in [-0.15, -0.1) is 0 Å². The molecule has 2 aliphatic rings. The number of benzene rings is 3. The first-order valence-electron chi connectivity index (χ1n) is 14.5. The molecule has 0 aromatic heterocycles. The van der Waals surface area contributed by atoms with Crippen molar-refractivity contribution in [3.63, 3.8) is 0 Å². The number of nitrogens with zero attached hydrogens (tertiary/aromatic N) is 2. The minimum absolute atomic E-state index is 0.0214. The van der Waals surface area contributed by atoms with Gasteiger partial charge in [0.05, 0.1) is 22.3 Å². The van der Waals surface area contributed by atoms with Crippen molar-refractivity contribution in [2.75, 3.05) is 13.1 Å². The van der Waals surface area contributed by atoms with Crippen LogP contribution in [0.5, 0.6) is 0 Å². The Morgan fingerprint density at radius 1 is 1.04 bits per heavy atom. The van der Waals surface area contributed by atoms with Gasteiger partial charge < -0.3 is 10.2 Å². The van der Waals surface area contributed by atoms with Gasteiger partial charge >= 0.3 is 16.3 Å². The van der Waals surface area contributed by atoms with Crippen LogP contribution in [0.3, 0.4) is 0 Å². The van der Waals surface area contributed by atoms with E-state index in [1.165, 1.54) is 24.3 Å². The van der Waals surface area contributed by atoms with Gasteiger partial charge in [0.1, 0.15) is 10.7 Å². The standard InChI is InChI=1S/C32H30ClF4N3O5S/c1-18-3-9-25(10-4-18)46(43,44)45-39-28(12-8-22-14-23(32(35,36)37)15-27(33)29(22)34)21-7-11-26(19(2)13-21)30(41)38-24-16-40(17-24)31(42)20-5-6-20/h3-4,7,9-11,13-15,20,24H,5-6,8,12,16-17H2,1-2H3,(H,38,41)/b39-28+. The largest absolute Gasteiger partial charge is 0.416 e. The molecule has 2 fully saturated rings. The summed E-state index contributed by atoms with van der Waals surface area (Å²) in [4.78, 5) is 26.7. The zero-order chi connectivity index (χ0) is 33.4. The topological polar surface area (TPSA) is 105 Å². The Hall–Kier alpha value is -3.97. The quantitative estimate of drug-likeness (QED) is 0.156. The van der Waals surface area contributed by atoms with Gasteiger partial charge in [0, 0.05) is 24.6 Å². The highest BCUT2D eigenvalue weighted by Gasteiger charge is 2.39. The van der Waals surface area contributed by atoms with Crippen LogP contribution in [0.15, 0.2) is 64.6 Å². The molecule has 0 spiro atoms. The molecular formula is C32H30ClF4N3O5S. The first-order chi connectivity index (χ1) is 21.6. The number of hydrogen-bond acceptors (Lipinski definition) is 6. The van der Waals surface area contributed by atoms with E-state index in [1.54, 1.807) is 36.9 Å². The molecule has 1 aliphatic heterocycles. The van der Waals surface area contributed by atoms with Crippen LogP contribution in [0.4, 0.5) is 17.6 Å². The number of rotatable bonds is 10. The van der Waals surface area contributed by atoms with Crippen molar-refractivity contribution in [2.45, 2.75) is 56.6 Å². The van der Waals surface area contributed by atoms with Crippen LogP contribution in [0.25, 0.3) is 0 Å². The highest BCUT2D eigenvalue weighted by Crippen LogP contribution is 2.34. The van der Waals surface area contributed by atoms with Gasteiger partial charge in [-0.2, -0.15) is 21.6 Å². The second kappa shape index (κ2) is 13.0. The maximum absolute atomic E-state index is 14.8. The highest BCUT2D eigenvalue weighted by atomic mass is 35.5. The summed E-state index contributed by atoms with van der Waals surface area (Å²) < 4.78 is 85.6. The molecule has 0 unspecified atom stereocenters. The number of carbonyl (C=O) groups is 2. The molecule has 46 heavy (non-hydrogen) atoms. The lowest BCUT2D eigenvalue weighted by Crippen LogP contribution is -2.61. The number of amides is 2. The third-order valence-electron chi connectivity index (χ3n) is 7.88. The summed E-state index contributed by atoms with van der Waals surface area (Å²) in [6.07, 6.45) is -3.55. The first kappa shape index (κ1) is 33.4. The second-order valence-electron chi connectivity index (χ2n) is 11.5. The van der Waals surface area contributed by atoms with Crippen LogP contribution in [0.1, 0.15) is 57.4 Å². The summed E-state index contributed by atoms with van der Waals surface area (Å²) in [6.45, 7) is 4.28. The van der Waals surface area contributed by atoms with Gasteiger partial charge in [-0.25, -0.2) is 4.39 Å². The Labute approximate surface area is 268 Å². The van der Waals surface area contributed by atoms with Gasteiger partial charge in [0.2, 0.25) is 5.91 Å². The van der Waals surface area contributed by atoms with Gasteiger partial charge in [-0.1, -0.05) is 40.5 Å². The number of nitrogens with one attached hydrogen (secondary N) is 1. The molecule has 1 saturated carbocycles. The molecule has 1 heterocycles. The van der Waals surface area contributed by atoms with E-state index in [4.69, 9.17) is 15.9 Å². The second-order valence-corrected chi connectivity index (χ2v) is 13.5. The van der Waals surface area contributed by atoms with Crippen LogP contribution < -0.4 is 5.32 Å². The normalized spacial score (nSPS) is 15.8. The number of alkyl halides is 3. The number of oxime groups is 1. The third-order valence-corrected chi connectivity index (χ3v) is 9.27. The van der Waals surface area contributed by atoms with Gasteiger partial charge in [0.15, 0.2) is 0 Å². The Bertz CT molecular complexity index is 1800. The molecular weight excluding hydrogens is 650 g/mol. The summed E-state index contributed by atoms with van der Waals surface area (Å²) in [5.41, 5.74) is 0.413. The molecule has 2 amide bonds. The smallest absolute Gasteiger partial charge is 0.346 e. The van der Waals surface area contributed by atoms with Gasteiger partial charge in [0.25, 0.3) is 5.91 Å². The zero-order valence-electron chi connectivity index (χ0n) is 24.8. The van der Waals surface area contributed by atoms with Crippen molar-refractivity contribution in [3.8, 4) is 0 Å². The molecule has 8 nitrogen and oxygen atoms in total. The molecule has 1 saturated heterocycles. The highest BCUT2D eigenvalue weighted by molar-refractivity contribution is 7.86. The van der Waals surface area contributed by atoms with Crippen molar-refractivity contribution in [3.05, 3.63) is 98.8 Å². The number of aryl methyl sites for hydroxylation is 3. The Morgan fingerprint density at radius 3 is 2.33 bits per heavy atom. The van der Waals surface area contributed by atoms with Crippen LogP contribution in [-0.2, 0) is 31.8 Å². The lowest BCUT2D eigenvalue weighted by molar-refractivity contribution is -0.138. The van der Waals surface area contributed by atoms with Crippen molar-refractivity contribution >= 4 is 39.2 Å². The summed E-state index contributed by atoms with van der Waals surface area (Å²) >= 11 is 5.75. The lowest BCUT2D eigenvalue weighted by atomic mass is 9.97. The van der Waals surface area contributed by atoms with E-state index in [2.05, 4.69) is 10.5 Å². The molecule has 1 aliphatic carbocycles. The summed E-state index contributed by atoms with van der Waals surface area (Å²) in [5.74, 6) is -1.21. The van der Waals surface area contributed by atoms with E-state index in [-0.39, 0.29) is 52.8 Å². The molecule has 14 heteroatoms. The molecule has 0 radical (unpaired) electrons. The van der Waals surface area contributed by atoms with E-state index in [9.17, 15) is 35.6 Å². The number of likely N-dealkylation sites (tertiary alicyclic amines) is 1. The van der Waals surface area contributed by atoms with Crippen LogP contribution >= 0.6 is 11.6 Å². The van der Waals surface area contributed by atoms with Gasteiger partial charge in [-0.05, 0) is 92.6 Å². The number of carbonyl (C=O) groups excluding carboxylic acids is 2. The SMILES string of the molecule is Cc1ccc(S(=O)(=O)O/N=C(\CCc2cc(C(F)(F)F)cc(Cl)c2F)c2ccc(C(=O)NC3CN(C(=O)C4CC4)C3)c(C)c2)cc1. The molecule has 244 valence electrons. The lowest BCUT2D eigenvalue weighted by Gasteiger charge is -2.39. The van der Waals surface area contributed by atoms with Gasteiger partial charge in [-0.3, -0.25) is 13.9 Å². The van der Waals surface area contributed by atoms with E-state index >= 15 is 0 Å². The molecule has 3 aromatic rings. The zero-order valence-corrected chi connectivity index (χ0v) is 26.4. The number of hydrogen-bond donors (Lipinski definition) is 1. The Kier molecular flexibility index (Phi) is 9.46. The molecule has 5 rings (SSSR count). The van der Waals surface area contributed by atoms with Crippen LogP contribution in [0.2, 0.25) is 5.02 Å². The fourth-order valence-electron chi connectivity index (χ4n) is 5.03. The number of halogens is 5. The van der Waals surface area contributed by atoms with Crippen molar-refractivity contribution in [1.29, 1.82) is 0 Å². The molecule has 0 bridgehead atoms. The first-order valence-corrected chi connectivity index (χ1v) is 16.2. The van der Waals surface area contributed by atoms with E-state index in [0.29, 0.717) is 41.9 Å². The molecule has 3 aromatic carbocycles. The fourth-order valence-corrected chi connectivity index (χ4v) is 6.01.